The van der Waals surface area contributed by atoms with Gasteiger partial charge in [-0.15, -0.1) is 0 Å². The molecule has 33 heavy (non-hydrogen) atoms. The van der Waals surface area contributed by atoms with Crippen molar-refractivity contribution in [2.75, 3.05) is 26.4 Å². The zero-order valence-electron chi connectivity index (χ0n) is 20.7. The van der Waals surface area contributed by atoms with Crippen LogP contribution >= 0.6 is 0 Å². The van der Waals surface area contributed by atoms with Crippen molar-refractivity contribution >= 4 is 0 Å². The fraction of sp³-hybridized carbons (Fsp3) is 0.586. The summed E-state index contributed by atoms with van der Waals surface area (Å²) >= 11 is 0. The highest BCUT2D eigenvalue weighted by atomic mass is 16.5. The van der Waals surface area contributed by atoms with E-state index in [2.05, 4.69) is 24.3 Å². The van der Waals surface area contributed by atoms with Gasteiger partial charge >= 0.3 is 0 Å². The van der Waals surface area contributed by atoms with Gasteiger partial charge in [-0.2, -0.15) is 0 Å². The molecule has 0 spiro atoms. The van der Waals surface area contributed by atoms with E-state index in [1.165, 1.54) is 51.4 Å². The number of hydrogen-bond donors (Lipinski definition) is 2. The fourth-order valence-electron chi connectivity index (χ4n) is 4.02. The third-order valence-electron chi connectivity index (χ3n) is 6.19. The van der Waals surface area contributed by atoms with E-state index < -0.39 is 5.54 Å². The molecule has 4 N–H and O–H groups in total. The predicted molar refractivity (Wildman–Crippen MR) is 139 cm³/mol. The van der Waals surface area contributed by atoms with Crippen LogP contribution in [0.25, 0.3) is 0 Å². The Bertz CT molecular complexity index is 706. The first-order valence-electron chi connectivity index (χ1n) is 12.9. The first-order chi connectivity index (χ1) is 16.1. The van der Waals surface area contributed by atoms with Gasteiger partial charge in [0, 0.05) is 13.2 Å². The second kappa shape index (κ2) is 16.8. The molecule has 0 bridgehead atoms. The van der Waals surface area contributed by atoms with Crippen molar-refractivity contribution in [3.8, 4) is 0 Å². The minimum atomic E-state index is -0.414. The lowest BCUT2D eigenvalue weighted by Gasteiger charge is -2.25. The summed E-state index contributed by atoms with van der Waals surface area (Å²) in [6.45, 7) is 4.83. The van der Waals surface area contributed by atoms with Crippen molar-refractivity contribution in [3.63, 3.8) is 0 Å². The van der Waals surface area contributed by atoms with Crippen molar-refractivity contribution < 1.29 is 9.47 Å². The van der Waals surface area contributed by atoms with Gasteiger partial charge in [-0.1, -0.05) is 112 Å². The van der Waals surface area contributed by atoms with Gasteiger partial charge in [0.15, 0.2) is 0 Å². The summed E-state index contributed by atoms with van der Waals surface area (Å²) in [4.78, 5) is 0. The van der Waals surface area contributed by atoms with E-state index in [-0.39, 0.29) is 6.04 Å². The summed E-state index contributed by atoms with van der Waals surface area (Å²) in [6.07, 6.45) is 12.7. The largest absolute Gasteiger partial charge is 0.379 e. The maximum Gasteiger partial charge on any atom is 0.0685 e. The molecule has 0 saturated heterocycles. The average Bonchev–Trinajstić information content (AvgIpc) is 2.84. The Labute approximate surface area is 202 Å². The third kappa shape index (κ3) is 12.4. The molecule has 0 unspecified atom stereocenters. The van der Waals surface area contributed by atoms with E-state index in [4.69, 9.17) is 20.9 Å². The fourth-order valence-corrected chi connectivity index (χ4v) is 4.02. The standard InChI is InChI=1S/C29H46N2O2/c1-29(31,27-20-14-11-15-21-27)25-33-23-17-9-7-5-3-2-4-6-8-16-22-32-24-28(30)26-18-12-10-13-19-26/h10-15,18-21,28H,2-9,16-17,22-25,30-31H2,1H3/t28-,29+/m1/s1. The van der Waals surface area contributed by atoms with Gasteiger partial charge in [0.2, 0.25) is 0 Å². The summed E-state index contributed by atoms with van der Waals surface area (Å²) in [7, 11) is 0. The first kappa shape index (κ1) is 27.5. The van der Waals surface area contributed by atoms with Crippen molar-refractivity contribution in [3.05, 3.63) is 71.8 Å². The van der Waals surface area contributed by atoms with E-state index in [0.717, 1.165) is 37.2 Å². The second-order valence-corrected chi connectivity index (χ2v) is 9.46. The molecule has 0 fully saturated rings. The lowest BCUT2D eigenvalue weighted by atomic mass is 9.94. The lowest BCUT2D eigenvalue weighted by molar-refractivity contribution is 0.0873. The Morgan fingerprint density at radius 1 is 0.667 bits per heavy atom. The van der Waals surface area contributed by atoms with Gasteiger partial charge in [-0.25, -0.2) is 0 Å². The normalized spacial score (nSPS) is 14.2. The van der Waals surface area contributed by atoms with Gasteiger partial charge in [0.25, 0.3) is 0 Å². The summed E-state index contributed by atoms with van der Waals surface area (Å²) < 4.78 is 11.6. The highest BCUT2D eigenvalue weighted by molar-refractivity contribution is 5.23. The van der Waals surface area contributed by atoms with Crippen LogP contribution in [0.5, 0.6) is 0 Å². The molecule has 0 aliphatic carbocycles. The van der Waals surface area contributed by atoms with E-state index in [0.29, 0.717) is 13.2 Å². The molecule has 0 aliphatic heterocycles. The molecule has 2 atom stereocenters. The highest BCUT2D eigenvalue weighted by Crippen LogP contribution is 2.18. The van der Waals surface area contributed by atoms with E-state index in [9.17, 15) is 0 Å². The van der Waals surface area contributed by atoms with Crippen LogP contribution in [0.3, 0.4) is 0 Å². The van der Waals surface area contributed by atoms with Gasteiger partial charge in [-0.05, 0) is 30.9 Å². The number of rotatable bonds is 19. The molecule has 0 heterocycles. The smallest absolute Gasteiger partial charge is 0.0685 e. The van der Waals surface area contributed by atoms with E-state index >= 15 is 0 Å². The van der Waals surface area contributed by atoms with E-state index in [1.54, 1.807) is 0 Å². The molecule has 2 aromatic carbocycles. The molecule has 0 saturated carbocycles. The molecule has 184 valence electrons. The molecule has 0 aliphatic rings. The lowest BCUT2D eigenvalue weighted by Crippen LogP contribution is -2.38. The van der Waals surface area contributed by atoms with Crippen LogP contribution in [-0.2, 0) is 15.0 Å². The van der Waals surface area contributed by atoms with Crippen LogP contribution in [0.2, 0.25) is 0 Å². The van der Waals surface area contributed by atoms with Crippen LogP contribution in [0.4, 0.5) is 0 Å². The van der Waals surface area contributed by atoms with Gasteiger partial charge < -0.3 is 20.9 Å². The number of benzene rings is 2. The Hall–Kier alpha value is -1.72. The van der Waals surface area contributed by atoms with Gasteiger partial charge in [0.1, 0.15) is 0 Å². The summed E-state index contributed by atoms with van der Waals surface area (Å²) in [5.41, 5.74) is 14.4. The van der Waals surface area contributed by atoms with Crippen molar-refractivity contribution in [2.24, 2.45) is 11.5 Å². The summed E-state index contributed by atoms with van der Waals surface area (Å²) in [5.74, 6) is 0. The topological polar surface area (TPSA) is 70.5 Å². The maximum absolute atomic E-state index is 6.39. The number of nitrogens with two attached hydrogens (primary N) is 2. The zero-order chi connectivity index (χ0) is 23.6. The Morgan fingerprint density at radius 2 is 1.12 bits per heavy atom. The highest BCUT2D eigenvalue weighted by Gasteiger charge is 2.20. The van der Waals surface area contributed by atoms with Crippen LogP contribution in [0, 0.1) is 0 Å². The zero-order valence-corrected chi connectivity index (χ0v) is 20.7. The van der Waals surface area contributed by atoms with Crippen LogP contribution in [0.15, 0.2) is 60.7 Å². The third-order valence-corrected chi connectivity index (χ3v) is 6.19. The molecule has 4 nitrogen and oxygen atoms in total. The van der Waals surface area contributed by atoms with Gasteiger partial charge in [0.05, 0.1) is 24.8 Å². The Kier molecular flexibility index (Phi) is 14.0. The van der Waals surface area contributed by atoms with E-state index in [1.807, 2.05) is 43.3 Å². The van der Waals surface area contributed by atoms with Crippen molar-refractivity contribution in [1.82, 2.24) is 0 Å². The van der Waals surface area contributed by atoms with Crippen LogP contribution in [-0.4, -0.2) is 26.4 Å². The minimum absolute atomic E-state index is 0.0205. The van der Waals surface area contributed by atoms with Crippen molar-refractivity contribution in [2.45, 2.75) is 82.7 Å². The predicted octanol–water partition coefficient (Wildman–Crippen LogP) is 6.49. The van der Waals surface area contributed by atoms with Crippen molar-refractivity contribution in [1.29, 1.82) is 0 Å². The second-order valence-electron chi connectivity index (χ2n) is 9.46. The number of unbranched alkanes of at least 4 members (excludes halogenated alkanes) is 9. The molecular weight excluding hydrogens is 408 g/mol. The molecule has 2 rings (SSSR count). The number of ether oxygens (including phenoxy) is 2. The quantitative estimate of drug-likeness (QED) is 0.238. The van der Waals surface area contributed by atoms with Crippen LogP contribution < -0.4 is 11.5 Å². The summed E-state index contributed by atoms with van der Waals surface area (Å²) in [6, 6.07) is 20.4. The van der Waals surface area contributed by atoms with Gasteiger partial charge in [-0.3, -0.25) is 0 Å². The molecule has 0 amide bonds. The SMILES string of the molecule is C[C@](N)(COCCCCCCCCCCCCOC[C@@H](N)c1ccccc1)c1ccccc1. The average molecular weight is 455 g/mol. The molecular formula is C29H46N2O2. The summed E-state index contributed by atoms with van der Waals surface area (Å²) in [5, 5.41) is 0. The molecule has 2 aromatic rings. The Morgan fingerprint density at radius 3 is 1.67 bits per heavy atom. The molecule has 0 aromatic heterocycles. The molecule has 0 radical (unpaired) electrons. The monoisotopic (exact) mass is 454 g/mol. The number of hydrogen-bond acceptors (Lipinski definition) is 4. The Balaban J connectivity index is 1.31. The first-order valence-corrected chi connectivity index (χ1v) is 12.9. The minimum Gasteiger partial charge on any atom is -0.379 e. The van der Waals surface area contributed by atoms with Crippen LogP contribution in [0.1, 0.15) is 88.3 Å². The maximum atomic E-state index is 6.39. The molecule has 4 heteroatoms.